The fourth-order valence-corrected chi connectivity index (χ4v) is 3.36. The lowest BCUT2D eigenvalue weighted by atomic mass is 9.75. The Labute approximate surface area is 124 Å². The smallest absolute Gasteiger partial charge is 0.316 e. The summed E-state index contributed by atoms with van der Waals surface area (Å²) in [5.74, 6) is -0.851. The van der Waals surface area contributed by atoms with Gasteiger partial charge in [0.15, 0.2) is 0 Å². The summed E-state index contributed by atoms with van der Waals surface area (Å²) >= 11 is 0. The molecule has 0 N–H and O–H groups in total. The Morgan fingerprint density at radius 2 is 2.10 bits per heavy atom. The van der Waals surface area contributed by atoms with E-state index in [0.29, 0.717) is 12.8 Å². The van der Waals surface area contributed by atoms with Crippen LogP contribution < -0.4 is 0 Å². The van der Waals surface area contributed by atoms with Crippen LogP contribution in [0.4, 0.5) is 0 Å². The van der Waals surface area contributed by atoms with E-state index in [0.717, 1.165) is 25.1 Å². The van der Waals surface area contributed by atoms with Crippen LogP contribution in [0.5, 0.6) is 0 Å². The third kappa shape index (κ3) is 2.62. The molecule has 1 heterocycles. The van der Waals surface area contributed by atoms with E-state index in [9.17, 15) is 9.59 Å². The number of nitrogens with zero attached hydrogens (tertiary/aromatic N) is 1. The summed E-state index contributed by atoms with van der Waals surface area (Å²) in [4.78, 5) is 28.4. The Bertz CT molecular complexity index is 598. The third-order valence-corrected chi connectivity index (χ3v) is 4.48. The highest BCUT2D eigenvalue weighted by atomic mass is 16.5. The number of esters is 1. The van der Waals surface area contributed by atoms with Gasteiger partial charge in [0.2, 0.25) is 0 Å². The van der Waals surface area contributed by atoms with Gasteiger partial charge in [-0.3, -0.25) is 14.6 Å². The van der Waals surface area contributed by atoms with Crippen molar-refractivity contribution in [3.8, 4) is 0 Å². The molecule has 110 valence electrons. The summed E-state index contributed by atoms with van der Waals surface area (Å²) in [6, 6.07) is 8.29. The van der Waals surface area contributed by atoms with E-state index in [1.54, 1.807) is 0 Å². The van der Waals surface area contributed by atoms with Crippen molar-refractivity contribution in [1.82, 2.24) is 0 Å². The normalized spacial score (nSPS) is 25.0. The molecule has 0 amide bonds. The number of benzene rings is 1. The summed E-state index contributed by atoms with van der Waals surface area (Å²) in [7, 11) is 1.34. The van der Waals surface area contributed by atoms with Crippen LogP contribution in [0.25, 0.3) is 0 Å². The Kier molecular flexibility index (Phi) is 3.86. The maximum absolute atomic E-state index is 11.9. The molecule has 2 atom stereocenters. The minimum atomic E-state index is -0.620. The molecule has 1 saturated carbocycles. The number of fused-ring (bicyclic) bond motifs is 1. The number of rotatable bonds is 2. The number of Topliss-reactive ketones (excluding diaryl/α,β-unsaturated/α-hetero) is 1. The van der Waals surface area contributed by atoms with E-state index in [4.69, 9.17) is 9.73 Å². The zero-order chi connectivity index (χ0) is 14.8. The molecular weight excluding hydrogens is 266 g/mol. The highest BCUT2D eigenvalue weighted by Crippen LogP contribution is 2.32. The highest BCUT2D eigenvalue weighted by Gasteiger charge is 2.37. The van der Waals surface area contributed by atoms with E-state index >= 15 is 0 Å². The zero-order valence-electron chi connectivity index (χ0n) is 12.2. The van der Waals surface area contributed by atoms with Crippen LogP contribution in [0.15, 0.2) is 29.3 Å². The number of hydrogen-bond donors (Lipinski definition) is 0. The van der Waals surface area contributed by atoms with E-state index in [1.165, 1.54) is 18.2 Å². The number of ether oxygens (including phenoxy) is 1. The van der Waals surface area contributed by atoms with Crippen LogP contribution in [-0.2, 0) is 20.7 Å². The summed E-state index contributed by atoms with van der Waals surface area (Å²) in [5, 5.41) is 0. The number of carbonyl (C=O) groups excluding carboxylic acids is 2. The van der Waals surface area contributed by atoms with Crippen LogP contribution >= 0.6 is 0 Å². The van der Waals surface area contributed by atoms with Crippen molar-refractivity contribution in [2.75, 3.05) is 13.7 Å². The minimum absolute atomic E-state index is 0.00259. The van der Waals surface area contributed by atoms with Crippen LogP contribution in [0.1, 0.15) is 30.4 Å². The maximum Gasteiger partial charge on any atom is 0.316 e. The highest BCUT2D eigenvalue weighted by molar-refractivity contribution is 6.07. The first-order valence-corrected chi connectivity index (χ1v) is 7.44. The summed E-state index contributed by atoms with van der Waals surface area (Å²) in [6.07, 6.45) is 2.70. The van der Waals surface area contributed by atoms with E-state index in [2.05, 4.69) is 12.1 Å². The predicted octanol–water partition coefficient (Wildman–Crippen LogP) is 2.19. The fourth-order valence-electron chi connectivity index (χ4n) is 3.36. The number of aliphatic imine (C=N–C) groups is 1. The molecule has 0 bridgehead atoms. The maximum atomic E-state index is 11.9. The molecule has 2 aliphatic rings. The van der Waals surface area contributed by atoms with E-state index in [1.807, 2.05) is 12.1 Å². The summed E-state index contributed by atoms with van der Waals surface area (Å²) in [5.41, 5.74) is 3.57. The van der Waals surface area contributed by atoms with Gasteiger partial charge in [0.05, 0.1) is 7.11 Å². The van der Waals surface area contributed by atoms with Crippen LogP contribution in [0.3, 0.4) is 0 Å². The molecule has 3 rings (SSSR count). The van der Waals surface area contributed by atoms with Crippen molar-refractivity contribution < 1.29 is 14.3 Å². The molecule has 21 heavy (non-hydrogen) atoms. The van der Waals surface area contributed by atoms with Gasteiger partial charge in [-0.05, 0) is 30.4 Å². The Hall–Kier alpha value is -1.97. The van der Waals surface area contributed by atoms with Gasteiger partial charge in [-0.15, -0.1) is 0 Å². The molecule has 4 nitrogen and oxygen atoms in total. The molecule has 1 aromatic carbocycles. The second-order valence-corrected chi connectivity index (χ2v) is 5.69. The molecule has 2 unspecified atom stereocenters. The molecule has 0 saturated heterocycles. The average molecular weight is 285 g/mol. The first-order valence-electron chi connectivity index (χ1n) is 7.44. The monoisotopic (exact) mass is 285 g/mol. The molecule has 4 heteroatoms. The van der Waals surface area contributed by atoms with Gasteiger partial charge in [0, 0.05) is 24.6 Å². The standard InChI is InChI=1S/C17H19NO3/c1-21-17(20)14-10-12(6-7-15(14)19)16-13-5-3-2-4-11(13)8-9-18-16/h2-5,12,14H,6-10H2,1H3. The van der Waals surface area contributed by atoms with Gasteiger partial charge in [0.25, 0.3) is 0 Å². The largest absolute Gasteiger partial charge is 0.468 e. The topological polar surface area (TPSA) is 55.7 Å². The first-order chi connectivity index (χ1) is 10.2. The number of methoxy groups -OCH3 is 1. The average Bonchev–Trinajstić information content (AvgIpc) is 2.54. The van der Waals surface area contributed by atoms with Gasteiger partial charge in [-0.25, -0.2) is 0 Å². The van der Waals surface area contributed by atoms with Gasteiger partial charge in [-0.1, -0.05) is 24.3 Å². The predicted molar refractivity (Wildman–Crippen MR) is 79.4 cm³/mol. The lowest BCUT2D eigenvalue weighted by Gasteiger charge is -2.30. The lowest BCUT2D eigenvalue weighted by molar-refractivity contribution is -0.151. The van der Waals surface area contributed by atoms with Gasteiger partial charge in [-0.2, -0.15) is 0 Å². The van der Waals surface area contributed by atoms with Crippen LogP contribution in [-0.4, -0.2) is 31.1 Å². The van der Waals surface area contributed by atoms with Gasteiger partial charge in [0.1, 0.15) is 11.7 Å². The van der Waals surface area contributed by atoms with E-state index < -0.39 is 11.9 Å². The Balaban J connectivity index is 1.86. The van der Waals surface area contributed by atoms with Crippen molar-refractivity contribution in [3.05, 3.63) is 35.4 Å². The van der Waals surface area contributed by atoms with Crippen LogP contribution in [0, 0.1) is 11.8 Å². The van der Waals surface area contributed by atoms with Crippen molar-refractivity contribution in [3.63, 3.8) is 0 Å². The van der Waals surface area contributed by atoms with Crippen LogP contribution in [0.2, 0.25) is 0 Å². The fraction of sp³-hybridized carbons (Fsp3) is 0.471. The number of ketones is 1. The van der Waals surface area contributed by atoms with Crippen molar-refractivity contribution in [1.29, 1.82) is 0 Å². The minimum Gasteiger partial charge on any atom is -0.468 e. The molecule has 0 spiro atoms. The molecule has 0 radical (unpaired) electrons. The Morgan fingerprint density at radius 1 is 1.29 bits per heavy atom. The molecule has 1 fully saturated rings. The molecule has 1 aliphatic carbocycles. The number of hydrogen-bond acceptors (Lipinski definition) is 4. The zero-order valence-corrected chi connectivity index (χ0v) is 12.2. The summed E-state index contributed by atoms with van der Waals surface area (Å²) < 4.78 is 4.77. The van der Waals surface area contributed by atoms with Gasteiger partial charge >= 0.3 is 5.97 Å². The summed E-state index contributed by atoms with van der Waals surface area (Å²) in [6.45, 7) is 0.791. The number of carbonyl (C=O) groups is 2. The molecule has 0 aromatic heterocycles. The second kappa shape index (κ2) is 5.80. The molecule has 1 aliphatic heterocycles. The second-order valence-electron chi connectivity index (χ2n) is 5.69. The van der Waals surface area contributed by atoms with Gasteiger partial charge < -0.3 is 4.74 Å². The molecule has 1 aromatic rings. The third-order valence-electron chi connectivity index (χ3n) is 4.48. The quantitative estimate of drug-likeness (QED) is 0.618. The Morgan fingerprint density at radius 3 is 2.90 bits per heavy atom. The van der Waals surface area contributed by atoms with Crippen molar-refractivity contribution >= 4 is 17.5 Å². The lowest BCUT2D eigenvalue weighted by Crippen LogP contribution is -2.36. The molecular formula is C17H19NO3. The van der Waals surface area contributed by atoms with Crippen molar-refractivity contribution in [2.24, 2.45) is 16.8 Å². The first kappa shape index (κ1) is 14.0. The SMILES string of the molecule is COC(=O)C1CC(C2=NCCc3ccccc32)CCC1=O. The van der Waals surface area contributed by atoms with Crippen molar-refractivity contribution in [2.45, 2.75) is 25.7 Å². The van der Waals surface area contributed by atoms with E-state index in [-0.39, 0.29) is 11.7 Å².